The first-order valence-electron chi connectivity index (χ1n) is 8.11. The maximum Gasteiger partial charge on any atom is 0.414 e. The first-order valence-corrected chi connectivity index (χ1v) is 8.11. The molecule has 9 nitrogen and oxygen atoms in total. The maximum absolute atomic E-state index is 9.10. The van der Waals surface area contributed by atoms with Gasteiger partial charge in [-0.1, -0.05) is 12.1 Å². The fourth-order valence-corrected chi connectivity index (χ4v) is 1.60. The van der Waals surface area contributed by atoms with Gasteiger partial charge in [-0.05, 0) is 19.1 Å². The molecule has 0 aliphatic carbocycles. The molecule has 3 N–H and O–H groups in total. The van der Waals surface area contributed by atoms with E-state index in [1.807, 2.05) is 31.2 Å². The summed E-state index contributed by atoms with van der Waals surface area (Å²) in [5, 5.41) is 18.0. The van der Waals surface area contributed by atoms with Crippen LogP contribution in [0.3, 0.4) is 0 Å². The van der Waals surface area contributed by atoms with Gasteiger partial charge in [0, 0.05) is 20.2 Å². The minimum Gasteiger partial charge on any atom is -0.490 e. The van der Waals surface area contributed by atoms with Crippen molar-refractivity contribution in [2.24, 2.45) is 0 Å². The van der Waals surface area contributed by atoms with Crippen molar-refractivity contribution in [2.75, 3.05) is 53.2 Å². The van der Waals surface area contributed by atoms with Gasteiger partial charge in [-0.15, -0.1) is 0 Å². The van der Waals surface area contributed by atoms with Crippen molar-refractivity contribution in [3.05, 3.63) is 24.3 Å². The number of ether oxygens (including phenoxy) is 4. The molecule has 0 bridgehead atoms. The molecule has 0 saturated carbocycles. The van der Waals surface area contributed by atoms with Crippen molar-refractivity contribution in [2.45, 2.75) is 6.92 Å². The lowest BCUT2D eigenvalue weighted by atomic mass is 10.3. The van der Waals surface area contributed by atoms with Crippen molar-refractivity contribution < 1.29 is 38.7 Å². The molecular weight excluding hydrogens is 346 g/mol. The number of nitrogens with one attached hydrogen (secondary N) is 1. The Morgan fingerprint density at radius 1 is 0.923 bits per heavy atom. The Morgan fingerprint density at radius 2 is 1.50 bits per heavy atom. The fraction of sp³-hybridized carbons (Fsp3) is 0.529. The van der Waals surface area contributed by atoms with Crippen molar-refractivity contribution in [1.82, 2.24) is 5.32 Å². The molecule has 0 heterocycles. The van der Waals surface area contributed by atoms with Gasteiger partial charge in [0.25, 0.3) is 0 Å². The third-order valence-electron chi connectivity index (χ3n) is 2.72. The Balaban J connectivity index is 0.000000896. The molecule has 0 aliphatic heterocycles. The molecule has 0 fully saturated rings. The predicted molar refractivity (Wildman–Crippen MR) is 93.9 cm³/mol. The Morgan fingerprint density at radius 3 is 2.04 bits per heavy atom. The minimum atomic E-state index is -1.82. The van der Waals surface area contributed by atoms with Gasteiger partial charge in [0.1, 0.15) is 6.61 Å². The van der Waals surface area contributed by atoms with E-state index in [4.69, 9.17) is 38.7 Å². The van der Waals surface area contributed by atoms with Crippen LogP contribution in [0.4, 0.5) is 0 Å². The largest absolute Gasteiger partial charge is 0.490 e. The van der Waals surface area contributed by atoms with Crippen LogP contribution < -0.4 is 14.8 Å². The highest BCUT2D eigenvalue weighted by molar-refractivity contribution is 6.27. The van der Waals surface area contributed by atoms with Crippen LogP contribution >= 0.6 is 0 Å². The van der Waals surface area contributed by atoms with Crippen molar-refractivity contribution in [3.63, 3.8) is 0 Å². The zero-order valence-corrected chi connectivity index (χ0v) is 15.1. The van der Waals surface area contributed by atoms with E-state index in [-0.39, 0.29) is 0 Å². The SMILES string of the molecule is CCOc1ccccc1OCCOCCNCCOC.O=C(O)C(=O)O. The van der Waals surface area contributed by atoms with Gasteiger partial charge >= 0.3 is 11.9 Å². The highest BCUT2D eigenvalue weighted by Crippen LogP contribution is 2.26. The molecule has 0 amide bonds. The number of hydrogen-bond acceptors (Lipinski definition) is 7. The van der Waals surface area contributed by atoms with Crippen LogP contribution in [-0.2, 0) is 19.1 Å². The molecule has 1 rings (SSSR count). The van der Waals surface area contributed by atoms with E-state index in [9.17, 15) is 0 Å². The molecule has 0 aliphatic rings. The van der Waals surface area contributed by atoms with Gasteiger partial charge in [-0.25, -0.2) is 9.59 Å². The average molecular weight is 373 g/mol. The summed E-state index contributed by atoms with van der Waals surface area (Å²) in [5.41, 5.74) is 0. The first-order chi connectivity index (χ1) is 12.5. The molecule has 9 heteroatoms. The lowest BCUT2D eigenvalue weighted by Gasteiger charge is -2.11. The molecule has 1 aromatic rings. The minimum absolute atomic E-state index is 0.516. The van der Waals surface area contributed by atoms with Gasteiger partial charge in [0.05, 0.1) is 26.4 Å². The molecule has 1 aromatic carbocycles. The van der Waals surface area contributed by atoms with Gasteiger partial charge in [-0.3, -0.25) is 0 Å². The molecule has 26 heavy (non-hydrogen) atoms. The van der Waals surface area contributed by atoms with Gasteiger partial charge < -0.3 is 34.5 Å². The average Bonchev–Trinajstić information content (AvgIpc) is 2.62. The number of aliphatic carboxylic acids is 2. The normalized spacial score (nSPS) is 9.77. The van der Waals surface area contributed by atoms with E-state index in [0.29, 0.717) is 26.4 Å². The van der Waals surface area contributed by atoms with E-state index in [2.05, 4.69) is 5.32 Å². The molecule has 0 atom stereocenters. The van der Waals surface area contributed by atoms with Crippen LogP contribution in [0.1, 0.15) is 6.92 Å². The Labute approximate surface area is 152 Å². The summed E-state index contributed by atoms with van der Waals surface area (Å²) in [7, 11) is 1.69. The van der Waals surface area contributed by atoms with Crippen LogP contribution in [0.25, 0.3) is 0 Å². The first kappa shape index (κ1) is 23.6. The predicted octanol–water partition coefficient (Wildman–Crippen LogP) is 0.872. The third kappa shape index (κ3) is 13.0. The van der Waals surface area contributed by atoms with Crippen molar-refractivity contribution in [1.29, 1.82) is 0 Å². The number of carbonyl (C=O) groups is 2. The zero-order valence-electron chi connectivity index (χ0n) is 15.1. The van der Waals surface area contributed by atoms with Gasteiger partial charge in [0.2, 0.25) is 0 Å². The molecule has 0 saturated heterocycles. The Bertz CT molecular complexity index is 497. The van der Waals surface area contributed by atoms with Crippen LogP contribution in [-0.4, -0.2) is 75.4 Å². The quantitative estimate of drug-likeness (QED) is 0.362. The van der Waals surface area contributed by atoms with E-state index in [1.54, 1.807) is 7.11 Å². The zero-order chi connectivity index (χ0) is 19.6. The molecule has 0 radical (unpaired) electrons. The van der Waals surface area contributed by atoms with Gasteiger partial charge in [0.15, 0.2) is 11.5 Å². The Hall–Kier alpha value is -2.36. The van der Waals surface area contributed by atoms with Crippen molar-refractivity contribution >= 4 is 11.9 Å². The third-order valence-corrected chi connectivity index (χ3v) is 2.72. The smallest absolute Gasteiger partial charge is 0.414 e. The second-order valence-electron chi connectivity index (χ2n) is 4.69. The van der Waals surface area contributed by atoms with Crippen LogP contribution in [0.15, 0.2) is 24.3 Å². The number of rotatable bonds is 12. The topological polar surface area (TPSA) is 124 Å². The van der Waals surface area contributed by atoms with Crippen LogP contribution in [0, 0.1) is 0 Å². The van der Waals surface area contributed by atoms with E-state index >= 15 is 0 Å². The lowest BCUT2D eigenvalue weighted by Crippen LogP contribution is -2.24. The maximum atomic E-state index is 9.10. The monoisotopic (exact) mass is 373 g/mol. The number of carboxylic acid groups (broad SMARTS) is 2. The summed E-state index contributed by atoms with van der Waals surface area (Å²) < 4.78 is 21.5. The standard InChI is InChI=1S/C15H25NO4.C2H2O4/c1-3-19-14-6-4-5-7-15(14)20-13-12-18-11-9-16-8-10-17-2;3-1(4)2(5)6/h4-7,16H,3,8-13H2,1-2H3;(H,3,4)(H,5,6). The number of methoxy groups -OCH3 is 1. The van der Waals surface area contributed by atoms with E-state index in [1.165, 1.54) is 0 Å². The second-order valence-corrected chi connectivity index (χ2v) is 4.69. The molecular formula is C17H27NO8. The summed E-state index contributed by atoms with van der Waals surface area (Å²) in [6.45, 7) is 6.71. The van der Waals surface area contributed by atoms with Gasteiger partial charge in [-0.2, -0.15) is 0 Å². The second kappa shape index (κ2) is 16.1. The highest BCUT2D eigenvalue weighted by atomic mass is 16.5. The lowest BCUT2D eigenvalue weighted by molar-refractivity contribution is -0.159. The fourth-order valence-electron chi connectivity index (χ4n) is 1.60. The highest BCUT2D eigenvalue weighted by Gasteiger charge is 2.04. The molecule has 0 aromatic heterocycles. The summed E-state index contributed by atoms with van der Waals surface area (Å²) in [5.74, 6) is -2.11. The number of hydrogen-bond donors (Lipinski definition) is 3. The summed E-state index contributed by atoms with van der Waals surface area (Å²) >= 11 is 0. The van der Waals surface area contributed by atoms with Crippen LogP contribution in [0.2, 0.25) is 0 Å². The van der Waals surface area contributed by atoms with E-state index in [0.717, 1.165) is 31.2 Å². The number of carboxylic acids is 2. The molecule has 0 unspecified atom stereocenters. The van der Waals surface area contributed by atoms with Crippen molar-refractivity contribution in [3.8, 4) is 11.5 Å². The Kier molecular flexibility index (Phi) is 14.7. The number of para-hydroxylation sites is 2. The summed E-state index contributed by atoms with van der Waals surface area (Å²) in [6.07, 6.45) is 0. The van der Waals surface area contributed by atoms with E-state index < -0.39 is 11.9 Å². The molecule has 0 spiro atoms. The number of benzene rings is 1. The summed E-state index contributed by atoms with van der Waals surface area (Å²) in [4.78, 5) is 18.2. The summed E-state index contributed by atoms with van der Waals surface area (Å²) in [6, 6.07) is 7.66. The molecule has 148 valence electrons. The van der Waals surface area contributed by atoms with Crippen LogP contribution in [0.5, 0.6) is 11.5 Å².